The fraction of sp³-hybridized carbons (Fsp3) is 0.480. The third-order valence-electron chi connectivity index (χ3n) is 5.46. The number of rotatable bonds is 9. The molecule has 3 rings (SSSR count). The van der Waals surface area contributed by atoms with Crippen LogP contribution >= 0.6 is 0 Å². The summed E-state index contributed by atoms with van der Waals surface area (Å²) in [5, 5.41) is 31.5. The van der Waals surface area contributed by atoms with E-state index in [9.17, 15) is 18.0 Å². The highest BCUT2D eigenvalue weighted by molar-refractivity contribution is 5.88. The van der Waals surface area contributed by atoms with Gasteiger partial charge in [0.1, 0.15) is 29.5 Å². The molecule has 0 amide bonds. The lowest BCUT2D eigenvalue weighted by molar-refractivity contribution is -0.128. The minimum absolute atomic E-state index is 0.0450. The second-order valence-electron chi connectivity index (χ2n) is 7.89. The zero-order valence-electron chi connectivity index (χ0n) is 20.7. The number of nitrogens with one attached hydrogen (secondary N) is 2. The second kappa shape index (κ2) is 13.9. The van der Waals surface area contributed by atoms with Crippen LogP contribution in [0.4, 0.5) is 30.2 Å². The molecule has 0 aromatic heterocycles. The topological polar surface area (TPSA) is 111 Å². The van der Waals surface area contributed by atoms with E-state index >= 15 is 0 Å². The van der Waals surface area contributed by atoms with Crippen LogP contribution < -0.4 is 15.4 Å². The van der Waals surface area contributed by atoms with Crippen molar-refractivity contribution in [3.8, 4) is 5.75 Å². The van der Waals surface area contributed by atoms with Gasteiger partial charge in [-0.3, -0.25) is 4.79 Å². The van der Waals surface area contributed by atoms with E-state index in [1.165, 1.54) is 26.3 Å². The van der Waals surface area contributed by atoms with E-state index in [0.29, 0.717) is 0 Å². The highest BCUT2D eigenvalue weighted by Crippen LogP contribution is 2.50. The average molecular weight is 501 g/mol. The fourth-order valence-electron chi connectivity index (χ4n) is 3.42. The van der Waals surface area contributed by atoms with Gasteiger partial charge in [0, 0.05) is 18.5 Å². The van der Waals surface area contributed by atoms with Crippen molar-refractivity contribution < 1.29 is 38.0 Å². The largest absolute Gasteiger partial charge is 0.494 e. The third kappa shape index (κ3) is 7.84. The Morgan fingerprint density at radius 2 is 1.74 bits per heavy atom. The summed E-state index contributed by atoms with van der Waals surface area (Å²) < 4.78 is 46.5. The molecule has 0 heterocycles. The van der Waals surface area contributed by atoms with Crippen molar-refractivity contribution in [2.75, 3.05) is 38.0 Å². The van der Waals surface area contributed by atoms with Crippen LogP contribution in [0, 0.1) is 29.8 Å². The van der Waals surface area contributed by atoms with Gasteiger partial charge in [-0.15, -0.1) is 0 Å². The molecule has 196 valence electrons. The van der Waals surface area contributed by atoms with Gasteiger partial charge in [0.2, 0.25) is 0 Å². The molecule has 0 spiro atoms. The maximum absolute atomic E-state index is 14.0. The Morgan fingerprint density at radius 3 is 2.20 bits per heavy atom. The van der Waals surface area contributed by atoms with Crippen molar-refractivity contribution in [3.05, 3.63) is 47.3 Å². The molecule has 0 bridgehead atoms. The first-order valence-corrected chi connectivity index (χ1v) is 11.3. The first-order chi connectivity index (χ1) is 16.6. The Bertz CT molecular complexity index is 984. The number of methoxy groups -OCH3 is 1. The molecular formula is C25H35F3N2O5. The molecule has 1 unspecified atom stereocenters. The summed E-state index contributed by atoms with van der Waals surface area (Å²) in [5.41, 5.74) is 0.248. The van der Waals surface area contributed by atoms with Gasteiger partial charge in [-0.2, -0.15) is 0 Å². The van der Waals surface area contributed by atoms with Crippen LogP contribution in [-0.2, 0) is 4.79 Å². The lowest BCUT2D eigenvalue weighted by atomic mass is 9.94. The second-order valence-corrected chi connectivity index (χ2v) is 7.89. The molecule has 1 atom stereocenters. The SMILES string of the molecule is CC.CNc1c(OC)cc(F)c(F)c1Nc1ccc(C)cc1F.O=C(CO)C1(CC(O)CO)CC1. The normalized spacial score (nSPS) is 13.9. The molecule has 10 heteroatoms. The molecule has 1 aliphatic rings. The fourth-order valence-corrected chi connectivity index (χ4v) is 3.42. The predicted octanol–water partition coefficient (Wildman–Crippen LogP) is 4.30. The Kier molecular flexibility index (Phi) is 12.0. The van der Waals surface area contributed by atoms with Crippen molar-refractivity contribution in [1.82, 2.24) is 0 Å². The number of carbonyl (C=O) groups excluding carboxylic acids is 1. The summed E-state index contributed by atoms with van der Waals surface area (Å²) >= 11 is 0. The summed E-state index contributed by atoms with van der Waals surface area (Å²) in [6, 6.07) is 5.35. The molecule has 1 aliphatic carbocycles. The van der Waals surface area contributed by atoms with Crippen molar-refractivity contribution in [1.29, 1.82) is 0 Å². The average Bonchev–Trinajstić information content (AvgIpc) is 3.64. The summed E-state index contributed by atoms with van der Waals surface area (Å²) in [5.74, 6) is -2.85. The summed E-state index contributed by atoms with van der Waals surface area (Å²) in [6.45, 7) is 4.95. The molecule has 5 N–H and O–H groups in total. The summed E-state index contributed by atoms with van der Waals surface area (Å²) in [6.07, 6.45) is 0.901. The molecule has 0 aliphatic heterocycles. The molecular weight excluding hydrogens is 465 g/mol. The molecule has 2 aromatic rings. The molecule has 0 radical (unpaired) electrons. The quantitative estimate of drug-likeness (QED) is 0.349. The lowest BCUT2D eigenvalue weighted by Crippen LogP contribution is -2.26. The van der Waals surface area contributed by atoms with Crippen LogP contribution in [0.25, 0.3) is 0 Å². The number of ketones is 1. The zero-order valence-corrected chi connectivity index (χ0v) is 20.7. The number of benzene rings is 2. The first kappa shape index (κ1) is 30.2. The number of aliphatic hydroxyl groups is 3. The Hall–Kier alpha value is -2.82. The first-order valence-electron chi connectivity index (χ1n) is 11.3. The number of hydrogen-bond donors (Lipinski definition) is 5. The van der Waals surface area contributed by atoms with Crippen LogP contribution in [0.3, 0.4) is 0 Å². The van der Waals surface area contributed by atoms with Crippen LogP contribution in [0.1, 0.15) is 38.7 Å². The van der Waals surface area contributed by atoms with Gasteiger partial charge in [0.05, 0.1) is 25.5 Å². The van der Waals surface area contributed by atoms with E-state index < -0.39 is 35.6 Å². The zero-order chi connectivity index (χ0) is 26.8. The number of hydrogen-bond acceptors (Lipinski definition) is 7. The summed E-state index contributed by atoms with van der Waals surface area (Å²) in [7, 11) is 2.87. The number of aliphatic hydroxyl groups excluding tert-OH is 3. The Morgan fingerprint density at radius 1 is 1.11 bits per heavy atom. The molecule has 0 saturated heterocycles. The van der Waals surface area contributed by atoms with Gasteiger partial charge in [-0.1, -0.05) is 19.9 Å². The number of anilines is 3. The highest BCUT2D eigenvalue weighted by Gasteiger charge is 2.49. The maximum atomic E-state index is 14.0. The van der Waals surface area contributed by atoms with Crippen molar-refractivity contribution in [2.24, 2.45) is 5.41 Å². The maximum Gasteiger partial charge on any atom is 0.184 e. The predicted molar refractivity (Wildman–Crippen MR) is 130 cm³/mol. The summed E-state index contributed by atoms with van der Waals surface area (Å²) in [4.78, 5) is 11.1. The Balaban J connectivity index is 0.000000372. The Labute approximate surface area is 203 Å². The minimum atomic E-state index is -1.11. The molecule has 7 nitrogen and oxygen atoms in total. The van der Waals surface area contributed by atoms with E-state index in [-0.39, 0.29) is 41.6 Å². The molecule has 2 aromatic carbocycles. The van der Waals surface area contributed by atoms with Gasteiger partial charge in [-0.25, -0.2) is 13.2 Å². The molecule has 1 saturated carbocycles. The number of halogens is 3. The van der Waals surface area contributed by atoms with Crippen LogP contribution in [0.5, 0.6) is 5.75 Å². The number of aryl methyl sites for hydroxylation is 1. The van der Waals surface area contributed by atoms with Crippen molar-refractivity contribution in [3.63, 3.8) is 0 Å². The number of carbonyl (C=O) groups is 1. The minimum Gasteiger partial charge on any atom is -0.494 e. The molecule has 1 fully saturated rings. The third-order valence-corrected chi connectivity index (χ3v) is 5.46. The smallest absolute Gasteiger partial charge is 0.184 e. The van der Waals surface area contributed by atoms with Crippen LogP contribution in [0.15, 0.2) is 24.3 Å². The lowest BCUT2D eigenvalue weighted by Gasteiger charge is -2.17. The van der Waals surface area contributed by atoms with Gasteiger partial charge >= 0.3 is 0 Å². The van der Waals surface area contributed by atoms with Gasteiger partial charge in [0.25, 0.3) is 0 Å². The number of Topliss-reactive ketones (excluding diaryl/α,β-unsaturated/α-hetero) is 1. The number of ether oxygens (including phenoxy) is 1. The monoisotopic (exact) mass is 500 g/mol. The van der Waals surface area contributed by atoms with Gasteiger partial charge in [0.15, 0.2) is 17.4 Å². The van der Waals surface area contributed by atoms with E-state index in [4.69, 9.17) is 20.1 Å². The van der Waals surface area contributed by atoms with Gasteiger partial charge < -0.3 is 30.7 Å². The van der Waals surface area contributed by atoms with Crippen LogP contribution in [-0.4, -0.2) is 54.6 Å². The van der Waals surface area contributed by atoms with E-state index in [2.05, 4.69) is 10.6 Å². The molecule has 35 heavy (non-hydrogen) atoms. The van der Waals surface area contributed by atoms with Gasteiger partial charge in [-0.05, 0) is 43.9 Å². The standard InChI is InChI=1S/C15H15F3N2O.C8H14O4.C2H6/c1-8-4-5-11(9(16)6-8)20-15-13(18)10(17)7-12(21-3)14(15)19-2;9-4-6(11)3-8(1-2-8)7(12)5-10;1-2/h4-7,19-20H,1-3H3;6,9-11H,1-5H2;1-2H3. The van der Waals surface area contributed by atoms with E-state index in [0.717, 1.165) is 24.5 Å². The highest BCUT2D eigenvalue weighted by atomic mass is 19.2. The van der Waals surface area contributed by atoms with Crippen molar-refractivity contribution in [2.45, 2.75) is 46.1 Å². The van der Waals surface area contributed by atoms with Crippen molar-refractivity contribution >= 4 is 22.8 Å². The van der Waals surface area contributed by atoms with E-state index in [1.807, 2.05) is 13.8 Å². The van der Waals surface area contributed by atoms with E-state index in [1.54, 1.807) is 13.0 Å². The van der Waals surface area contributed by atoms with Crippen LogP contribution in [0.2, 0.25) is 0 Å².